The van der Waals surface area contributed by atoms with Crippen molar-refractivity contribution in [3.8, 4) is 5.75 Å². The van der Waals surface area contributed by atoms with E-state index < -0.39 is 10.4 Å². The van der Waals surface area contributed by atoms with E-state index in [4.69, 9.17) is 14.0 Å². The van der Waals surface area contributed by atoms with Crippen LogP contribution in [0.3, 0.4) is 0 Å². The average Bonchev–Trinajstić information content (AvgIpc) is 2.53. The molecule has 0 unspecified atom stereocenters. The highest BCUT2D eigenvalue weighted by Crippen LogP contribution is 2.30. The van der Waals surface area contributed by atoms with Crippen LogP contribution in [0.2, 0.25) is 0 Å². The molecule has 0 aromatic heterocycles. The van der Waals surface area contributed by atoms with Crippen LogP contribution in [0.1, 0.15) is 52.0 Å². The van der Waals surface area contributed by atoms with Crippen LogP contribution < -0.4 is 4.74 Å². The van der Waals surface area contributed by atoms with E-state index >= 15 is 0 Å². The number of unbranched alkanes of at least 4 members (excludes halogenated alkanes) is 2. The lowest BCUT2D eigenvalue weighted by atomic mass is 9.80. The summed E-state index contributed by atoms with van der Waals surface area (Å²) in [6.45, 7) is 7.24. The van der Waals surface area contributed by atoms with Crippen LogP contribution in [-0.4, -0.2) is 39.4 Å². The molecule has 25 heavy (non-hydrogen) atoms. The third-order valence-electron chi connectivity index (χ3n) is 4.00. The number of rotatable bonds is 13. The van der Waals surface area contributed by atoms with E-state index in [-0.39, 0.29) is 18.6 Å². The third kappa shape index (κ3) is 9.79. The molecule has 0 amide bonds. The van der Waals surface area contributed by atoms with Crippen molar-refractivity contribution in [1.29, 1.82) is 0 Å². The van der Waals surface area contributed by atoms with Gasteiger partial charge in [0, 0.05) is 0 Å². The van der Waals surface area contributed by atoms with Gasteiger partial charge in [-0.1, -0.05) is 52.2 Å². The highest BCUT2D eigenvalue weighted by Gasteiger charge is 2.19. The molecule has 6 nitrogen and oxygen atoms in total. The van der Waals surface area contributed by atoms with Crippen LogP contribution in [0.4, 0.5) is 0 Å². The van der Waals surface area contributed by atoms with Gasteiger partial charge in [0.1, 0.15) is 12.4 Å². The van der Waals surface area contributed by atoms with Gasteiger partial charge in [0.05, 0.1) is 19.8 Å². The maximum atomic E-state index is 10.3. The van der Waals surface area contributed by atoms with Gasteiger partial charge in [-0.05, 0) is 29.5 Å². The smallest absolute Gasteiger partial charge is 0.397 e. The lowest BCUT2D eigenvalue weighted by Crippen LogP contribution is -2.17. The summed E-state index contributed by atoms with van der Waals surface area (Å²) in [5, 5.41) is 0. The Hall–Kier alpha value is -1.15. The first-order chi connectivity index (χ1) is 11.7. The van der Waals surface area contributed by atoms with Crippen molar-refractivity contribution in [3.05, 3.63) is 29.8 Å². The van der Waals surface area contributed by atoms with E-state index in [0.717, 1.165) is 5.75 Å². The lowest BCUT2D eigenvalue weighted by Gasteiger charge is -2.25. The number of benzene rings is 1. The molecule has 1 aromatic carbocycles. The van der Waals surface area contributed by atoms with Gasteiger partial charge in [0.25, 0.3) is 0 Å². The monoisotopic (exact) mass is 374 g/mol. The lowest BCUT2D eigenvalue weighted by molar-refractivity contribution is 0.0748. The Morgan fingerprint density at radius 1 is 1.00 bits per heavy atom. The second-order valence-electron chi connectivity index (χ2n) is 6.58. The summed E-state index contributed by atoms with van der Waals surface area (Å²) in [6, 6.07) is 8.11. The van der Waals surface area contributed by atoms with Crippen molar-refractivity contribution < 1.29 is 26.6 Å². The number of ether oxygens (including phenoxy) is 2. The molecule has 1 rings (SSSR count). The third-order valence-corrected chi connectivity index (χ3v) is 4.46. The molecular formula is C18H30O6S. The van der Waals surface area contributed by atoms with Gasteiger partial charge in [0.2, 0.25) is 0 Å². The van der Waals surface area contributed by atoms with Gasteiger partial charge in [-0.3, -0.25) is 4.55 Å². The Morgan fingerprint density at radius 2 is 1.64 bits per heavy atom. The second-order valence-corrected chi connectivity index (χ2v) is 7.67. The van der Waals surface area contributed by atoms with Crippen LogP contribution in [0.5, 0.6) is 5.75 Å². The standard InChI is InChI=1S/C18H30O6S/c1-4-5-6-11-18(2,3)16-7-9-17(10-8-16)23-14-12-22-13-15-24-25(19,20)21/h7-10H,4-6,11-15H2,1-3H3,(H,19,20,21). The predicted octanol–water partition coefficient (Wildman–Crippen LogP) is 3.76. The minimum atomic E-state index is -4.40. The molecule has 0 bridgehead atoms. The summed E-state index contributed by atoms with van der Waals surface area (Å²) in [7, 11) is -4.40. The van der Waals surface area contributed by atoms with Crippen LogP contribution in [-0.2, 0) is 24.7 Å². The van der Waals surface area contributed by atoms with E-state index in [2.05, 4.69) is 37.1 Å². The summed E-state index contributed by atoms with van der Waals surface area (Å²) in [4.78, 5) is 0. The van der Waals surface area contributed by atoms with Gasteiger partial charge in [-0.15, -0.1) is 0 Å². The van der Waals surface area contributed by atoms with Crippen molar-refractivity contribution in [2.75, 3.05) is 26.4 Å². The number of hydrogen-bond donors (Lipinski definition) is 1. The van der Waals surface area contributed by atoms with Crippen LogP contribution >= 0.6 is 0 Å². The molecule has 0 heterocycles. The van der Waals surface area contributed by atoms with Crippen molar-refractivity contribution in [2.45, 2.75) is 51.9 Å². The van der Waals surface area contributed by atoms with E-state index in [1.165, 1.54) is 31.2 Å². The van der Waals surface area contributed by atoms with E-state index in [0.29, 0.717) is 13.2 Å². The van der Waals surface area contributed by atoms with Crippen molar-refractivity contribution in [1.82, 2.24) is 0 Å². The SMILES string of the molecule is CCCCCC(C)(C)c1ccc(OCCOCCOS(=O)(=O)O)cc1. The Labute approximate surface area is 151 Å². The molecule has 0 atom stereocenters. The first-order valence-corrected chi connectivity index (χ1v) is 10.0. The van der Waals surface area contributed by atoms with E-state index in [1.54, 1.807) is 0 Å². The van der Waals surface area contributed by atoms with Gasteiger partial charge in [0.15, 0.2) is 0 Å². The Kier molecular flexibility index (Phi) is 9.42. The molecule has 0 saturated heterocycles. The summed E-state index contributed by atoms with van der Waals surface area (Å²) in [5.41, 5.74) is 1.46. The minimum absolute atomic E-state index is 0.0635. The summed E-state index contributed by atoms with van der Waals surface area (Å²) < 4.78 is 43.9. The molecule has 0 fully saturated rings. The van der Waals surface area contributed by atoms with Gasteiger partial charge >= 0.3 is 10.4 Å². The van der Waals surface area contributed by atoms with Crippen LogP contribution in [0.15, 0.2) is 24.3 Å². The first kappa shape index (κ1) is 21.9. The minimum Gasteiger partial charge on any atom is -0.491 e. The summed E-state index contributed by atoms with van der Waals surface area (Å²) in [5.74, 6) is 0.769. The largest absolute Gasteiger partial charge is 0.491 e. The van der Waals surface area contributed by atoms with Crippen molar-refractivity contribution >= 4 is 10.4 Å². The zero-order valence-corrected chi connectivity index (χ0v) is 16.2. The van der Waals surface area contributed by atoms with Crippen LogP contribution in [0, 0.1) is 0 Å². The Balaban J connectivity index is 2.28. The molecule has 1 N–H and O–H groups in total. The molecule has 7 heteroatoms. The van der Waals surface area contributed by atoms with Gasteiger partial charge in [-0.2, -0.15) is 8.42 Å². The fourth-order valence-corrected chi connectivity index (χ4v) is 2.76. The highest BCUT2D eigenvalue weighted by atomic mass is 32.3. The fourth-order valence-electron chi connectivity index (χ4n) is 2.48. The van der Waals surface area contributed by atoms with Crippen molar-refractivity contribution in [2.24, 2.45) is 0 Å². The summed E-state index contributed by atoms with van der Waals surface area (Å²) >= 11 is 0. The maximum absolute atomic E-state index is 10.3. The molecule has 144 valence electrons. The van der Waals surface area contributed by atoms with Gasteiger partial charge < -0.3 is 9.47 Å². The van der Waals surface area contributed by atoms with Crippen molar-refractivity contribution in [3.63, 3.8) is 0 Å². The Bertz CT molecular complexity index is 580. The van der Waals surface area contributed by atoms with E-state index in [9.17, 15) is 8.42 Å². The topological polar surface area (TPSA) is 82.1 Å². The zero-order valence-electron chi connectivity index (χ0n) is 15.4. The molecule has 0 aliphatic carbocycles. The molecule has 0 aliphatic rings. The van der Waals surface area contributed by atoms with Gasteiger partial charge in [-0.25, -0.2) is 4.18 Å². The quantitative estimate of drug-likeness (QED) is 0.418. The second kappa shape index (κ2) is 10.8. The summed E-state index contributed by atoms with van der Waals surface area (Å²) in [6.07, 6.45) is 4.90. The molecular weight excluding hydrogens is 344 g/mol. The fraction of sp³-hybridized carbons (Fsp3) is 0.667. The molecule has 1 aromatic rings. The van der Waals surface area contributed by atoms with Crippen LogP contribution in [0.25, 0.3) is 0 Å². The molecule has 0 saturated carbocycles. The molecule has 0 spiro atoms. The maximum Gasteiger partial charge on any atom is 0.397 e. The number of hydrogen-bond acceptors (Lipinski definition) is 5. The highest BCUT2D eigenvalue weighted by molar-refractivity contribution is 7.80. The molecule has 0 radical (unpaired) electrons. The first-order valence-electron chi connectivity index (χ1n) is 8.67. The average molecular weight is 374 g/mol. The molecule has 0 aliphatic heterocycles. The predicted molar refractivity (Wildman–Crippen MR) is 97.4 cm³/mol. The zero-order chi connectivity index (χ0) is 18.8. The van der Waals surface area contributed by atoms with E-state index in [1.807, 2.05) is 12.1 Å². The normalized spacial score (nSPS) is 12.3. The Morgan fingerprint density at radius 3 is 2.24 bits per heavy atom.